The molecule has 1 aliphatic heterocycles. The highest BCUT2D eigenvalue weighted by Gasteiger charge is 2.19. The normalized spacial score (nSPS) is 15.3. The lowest BCUT2D eigenvalue weighted by atomic mass is 10.2. The minimum absolute atomic E-state index is 0.719. The molecule has 0 saturated carbocycles. The molecule has 0 spiro atoms. The zero-order valence-electron chi connectivity index (χ0n) is 11.6. The van der Waals surface area contributed by atoms with Crippen molar-refractivity contribution in [2.24, 2.45) is 0 Å². The maximum atomic E-state index is 6.07. The highest BCUT2D eigenvalue weighted by atomic mass is 35.5. The van der Waals surface area contributed by atoms with Crippen LogP contribution in [-0.2, 0) is 0 Å². The van der Waals surface area contributed by atoms with Gasteiger partial charge in [0.15, 0.2) is 0 Å². The molecule has 1 fully saturated rings. The molecule has 0 atom stereocenters. The number of rotatable bonds is 2. The van der Waals surface area contributed by atoms with Crippen LogP contribution in [-0.4, -0.2) is 26.2 Å². The van der Waals surface area contributed by atoms with Gasteiger partial charge < -0.3 is 15.5 Å². The lowest BCUT2D eigenvalue weighted by Crippen LogP contribution is -2.46. The molecule has 3 rings (SSSR count). The molecule has 21 heavy (non-hydrogen) atoms. The van der Waals surface area contributed by atoms with E-state index in [1.807, 2.05) is 36.4 Å². The highest BCUT2D eigenvalue weighted by Crippen LogP contribution is 2.29. The van der Waals surface area contributed by atoms with Crippen LogP contribution >= 0.6 is 23.2 Å². The molecule has 110 valence electrons. The minimum atomic E-state index is 0.719. The first kappa shape index (κ1) is 14.4. The molecule has 1 heterocycles. The summed E-state index contributed by atoms with van der Waals surface area (Å²) in [5.74, 6) is 0. The Bertz CT molecular complexity index is 637. The maximum Gasteiger partial charge on any atom is 0.0616 e. The predicted molar refractivity (Wildman–Crippen MR) is 91.7 cm³/mol. The Labute approximate surface area is 134 Å². The topological polar surface area (TPSA) is 32.5 Å². The molecule has 2 N–H and O–H groups in total. The first-order chi connectivity index (χ1) is 10.1. The van der Waals surface area contributed by atoms with Crippen molar-refractivity contribution in [3.63, 3.8) is 0 Å². The van der Waals surface area contributed by atoms with Gasteiger partial charge in [-0.1, -0.05) is 29.3 Å². The van der Waals surface area contributed by atoms with E-state index >= 15 is 0 Å². The van der Waals surface area contributed by atoms with Crippen molar-refractivity contribution in [3.05, 3.63) is 52.5 Å². The van der Waals surface area contributed by atoms with Crippen molar-refractivity contribution < 1.29 is 0 Å². The lowest BCUT2D eigenvalue weighted by Gasteiger charge is -2.38. The SMILES string of the molecule is Nc1ccc(Cl)cc1N1CCN(c2cccc(Cl)c2)CC1. The van der Waals surface area contributed by atoms with Gasteiger partial charge in [-0.2, -0.15) is 0 Å². The van der Waals surface area contributed by atoms with E-state index in [2.05, 4.69) is 15.9 Å². The van der Waals surface area contributed by atoms with E-state index in [1.54, 1.807) is 0 Å². The third kappa shape index (κ3) is 3.20. The quantitative estimate of drug-likeness (QED) is 0.851. The second kappa shape index (κ2) is 6.04. The van der Waals surface area contributed by atoms with Crippen LogP contribution in [0.15, 0.2) is 42.5 Å². The molecule has 0 amide bonds. The zero-order valence-corrected chi connectivity index (χ0v) is 13.1. The Hall–Kier alpha value is -1.58. The van der Waals surface area contributed by atoms with E-state index in [-0.39, 0.29) is 0 Å². The number of hydrogen-bond donors (Lipinski definition) is 1. The van der Waals surface area contributed by atoms with Gasteiger partial charge in [0.2, 0.25) is 0 Å². The van der Waals surface area contributed by atoms with Gasteiger partial charge in [0.1, 0.15) is 0 Å². The van der Waals surface area contributed by atoms with Crippen molar-refractivity contribution in [2.45, 2.75) is 0 Å². The number of nitrogens with two attached hydrogens (primary N) is 1. The fourth-order valence-electron chi connectivity index (χ4n) is 2.67. The van der Waals surface area contributed by atoms with E-state index in [0.717, 1.165) is 47.6 Å². The van der Waals surface area contributed by atoms with E-state index < -0.39 is 0 Å². The number of benzene rings is 2. The number of nitrogen functional groups attached to an aromatic ring is 1. The number of halogens is 2. The molecule has 5 heteroatoms. The molecule has 0 radical (unpaired) electrons. The van der Waals surface area contributed by atoms with Gasteiger partial charge in [0, 0.05) is 41.9 Å². The van der Waals surface area contributed by atoms with Crippen LogP contribution in [0.5, 0.6) is 0 Å². The summed E-state index contributed by atoms with van der Waals surface area (Å²) in [6.07, 6.45) is 0. The summed E-state index contributed by atoms with van der Waals surface area (Å²) in [6, 6.07) is 13.6. The fourth-order valence-corrected chi connectivity index (χ4v) is 3.02. The largest absolute Gasteiger partial charge is 0.397 e. The van der Waals surface area contributed by atoms with Gasteiger partial charge in [-0.15, -0.1) is 0 Å². The first-order valence-corrected chi connectivity index (χ1v) is 7.69. The van der Waals surface area contributed by atoms with Crippen LogP contribution in [0.25, 0.3) is 0 Å². The Morgan fingerprint density at radius 1 is 0.810 bits per heavy atom. The van der Waals surface area contributed by atoms with Crippen molar-refractivity contribution in [1.82, 2.24) is 0 Å². The zero-order chi connectivity index (χ0) is 14.8. The van der Waals surface area contributed by atoms with Crippen LogP contribution in [0.3, 0.4) is 0 Å². The molecule has 1 aliphatic rings. The molecule has 0 unspecified atom stereocenters. The van der Waals surface area contributed by atoms with Gasteiger partial charge in [-0.3, -0.25) is 0 Å². The molecule has 1 saturated heterocycles. The standard InChI is InChI=1S/C16H17Cl2N3/c17-12-2-1-3-14(10-12)20-6-8-21(9-7-20)16-11-13(18)4-5-15(16)19/h1-5,10-11H,6-9,19H2. The third-order valence-electron chi connectivity index (χ3n) is 3.79. The molecule has 0 bridgehead atoms. The summed E-state index contributed by atoms with van der Waals surface area (Å²) in [6.45, 7) is 3.70. The second-order valence-corrected chi connectivity index (χ2v) is 6.03. The van der Waals surface area contributed by atoms with E-state index in [4.69, 9.17) is 28.9 Å². The summed E-state index contributed by atoms with van der Waals surface area (Å²) in [4.78, 5) is 4.62. The Morgan fingerprint density at radius 2 is 1.48 bits per heavy atom. The average molecular weight is 322 g/mol. The van der Waals surface area contributed by atoms with Crippen LogP contribution in [0.1, 0.15) is 0 Å². The first-order valence-electron chi connectivity index (χ1n) is 6.94. The van der Waals surface area contributed by atoms with E-state index in [0.29, 0.717) is 0 Å². The van der Waals surface area contributed by atoms with Crippen LogP contribution in [0, 0.1) is 0 Å². The number of hydrogen-bond acceptors (Lipinski definition) is 3. The van der Waals surface area contributed by atoms with E-state index in [9.17, 15) is 0 Å². The summed E-state index contributed by atoms with van der Waals surface area (Å²) in [5, 5.41) is 1.49. The Balaban J connectivity index is 1.72. The van der Waals surface area contributed by atoms with Crippen LogP contribution in [0.4, 0.5) is 17.1 Å². The van der Waals surface area contributed by atoms with Crippen LogP contribution in [0.2, 0.25) is 10.0 Å². The summed E-state index contributed by atoms with van der Waals surface area (Å²) in [7, 11) is 0. The summed E-state index contributed by atoms with van der Waals surface area (Å²) >= 11 is 12.1. The van der Waals surface area contributed by atoms with Crippen LogP contribution < -0.4 is 15.5 Å². The third-order valence-corrected chi connectivity index (χ3v) is 4.26. The number of anilines is 3. The average Bonchev–Trinajstić information content (AvgIpc) is 2.50. The minimum Gasteiger partial charge on any atom is -0.397 e. The molecule has 2 aromatic carbocycles. The van der Waals surface area contributed by atoms with Gasteiger partial charge in [0.25, 0.3) is 0 Å². The molecular formula is C16H17Cl2N3. The Kier molecular flexibility index (Phi) is 4.13. The summed E-state index contributed by atoms with van der Waals surface area (Å²) in [5.41, 5.74) is 9.02. The van der Waals surface area contributed by atoms with Crippen molar-refractivity contribution in [1.29, 1.82) is 0 Å². The molecule has 3 nitrogen and oxygen atoms in total. The maximum absolute atomic E-state index is 6.07. The monoisotopic (exact) mass is 321 g/mol. The van der Waals surface area contributed by atoms with Crippen molar-refractivity contribution in [2.75, 3.05) is 41.7 Å². The molecule has 0 aromatic heterocycles. The molecule has 0 aliphatic carbocycles. The lowest BCUT2D eigenvalue weighted by molar-refractivity contribution is 0.654. The van der Waals surface area contributed by atoms with Gasteiger partial charge in [-0.25, -0.2) is 0 Å². The predicted octanol–water partition coefficient (Wildman–Crippen LogP) is 3.90. The second-order valence-electron chi connectivity index (χ2n) is 5.16. The molecular weight excluding hydrogens is 305 g/mol. The highest BCUT2D eigenvalue weighted by molar-refractivity contribution is 6.31. The summed E-state index contributed by atoms with van der Waals surface area (Å²) < 4.78 is 0. The van der Waals surface area contributed by atoms with Gasteiger partial charge >= 0.3 is 0 Å². The smallest absolute Gasteiger partial charge is 0.0616 e. The fraction of sp³-hybridized carbons (Fsp3) is 0.250. The Morgan fingerprint density at radius 3 is 2.19 bits per heavy atom. The van der Waals surface area contributed by atoms with Crippen molar-refractivity contribution >= 4 is 40.3 Å². The number of piperazine rings is 1. The van der Waals surface area contributed by atoms with Gasteiger partial charge in [0.05, 0.1) is 11.4 Å². The molecule has 2 aromatic rings. The number of nitrogens with zero attached hydrogens (tertiary/aromatic N) is 2. The van der Waals surface area contributed by atoms with Gasteiger partial charge in [-0.05, 0) is 36.4 Å². The van der Waals surface area contributed by atoms with E-state index in [1.165, 1.54) is 5.69 Å². The van der Waals surface area contributed by atoms with Crippen molar-refractivity contribution in [3.8, 4) is 0 Å².